The Labute approximate surface area is 192 Å². The minimum absolute atomic E-state index is 0.0266. The Hall–Kier alpha value is -3.90. The molecule has 3 heterocycles. The van der Waals surface area contributed by atoms with Gasteiger partial charge in [-0.1, -0.05) is 6.07 Å². The van der Waals surface area contributed by atoms with Crippen molar-refractivity contribution < 1.29 is 23.2 Å². The van der Waals surface area contributed by atoms with Gasteiger partial charge < -0.3 is 9.47 Å². The molecule has 5 rings (SSSR count). The van der Waals surface area contributed by atoms with Gasteiger partial charge in [0.2, 0.25) is 11.6 Å². The number of thiophene rings is 1. The second-order valence-corrected chi connectivity index (χ2v) is 8.45. The molecule has 0 amide bonds. The summed E-state index contributed by atoms with van der Waals surface area (Å²) in [7, 11) is 0. The molecule has 166 valence electrons. The fraction of sp³-hybridized carbons (Fsp3) is 0.0476. The Kier molecular flexibility index (Phi) is 5.44. The zero-order valence-electron chi connectivity index (χ0n) is 16.5. The average Bonchev–Trinajstić information content (AvgIpc) is 3.54. The first-order valence-corrected chi connectivity index (χ1v) is 11.1. The molecule has 4 aromatic rings. The van der Waals surface area contributed by atoms with Crippen LogP contribution in [0.15, 0.2) is 63.3 Å². The third-order valence-corrected chi connectivity index (χ3v) is 6.32. The van der Waals surface area contributed by atoms with Gasteiger partial charge >= 0.3 is 0 Å². The van der Waals surface area contributed by atoms with Crippen molar-refractivity contribution in [2.24, 2.45) is 10.1 Å². The molecule has 0 spiro atoms. The van der Waals surface area contributed by atoms with Gasteiger partial charge in [-0.15, -0.1) is 22.7 Å². The molecule has 0 bridgehead atoms. The van der Waals surface area contributed by atoms with Crippen LogP contribution in [0.5, 0.6) is 11.5 Å². The minimum Gasteiger partial charge on any atom is -0.454 e. The molecule has 0 atom stereocenters. The van der Waals surface area contributed by atoms with E-state index < -0.39 is 16.6 Å². The number of benzene rings is 2. The van der Waals surface area contributed by atoms with Gasteiger partial charge in [0.1, 0.15) is 11.5 Å². The smallest absolute Gasteiger partial charge is 0.282 e. The summed E-state index contributed by atoms with van der Waals surface area (Å²) in [6.45, 7) is -0.0266. The van der Waals surface area contributed by atoms with Gasteiger partial charge in [0.25, 0.3) is 5.69 Å². The van der Waals surface area contributed by atoms with E-state index in [4.69, 9.17) is 9.47 Å². The molecule has 1 aliphatic heterocycles. The first-order chi connectivity index (χ1) is 16.0. The molecule has 0 unspecified atom stereocenters. The number of hydrogen-bond acceptors (Lipinski definition) is 8. The quantitative estimate of drug-likeness (QED) is 0.217. The van der Waals surface area contributed by atoms with Crippen LogP contribution in [0.1, 0.15) is 5.56 Å². The number of aromatic nitrogens is 1. The topological polar surface area (TPSA) is 91.2 Å². The summed E-state index contributed by atoms with van der Waals surface area (Å²) in [5, 5.41) is 19.7. The van der Waals surface area contributed by atoms with Crippen LogP contribution in [-0.4, -0.2) is 22.6 Å². The second-order valence-electron chi connectivity index (χ2n) is 6.67. The lowest BCUT2D eigenvalue weighted by atomic mass is 10.1. The van der Waals surface area contributed by atoms with Crippen molar-refractivity contribution in [2.75, 3.05) is 6.79 Å². The van der Waals surface area contributed by atoms with Crippen LogP contribution in [0.3, 0.4) is 0 Å². The summed E-state index contributed by atoms with van der Waals surface area (Å²) in [6, 6.07) is 9.58. The number of nitro groups is 1. The normalized spacial score (nSPS) is 13.2. The molecule has 0 radical (unpaired) electrons. The third-order valence-electron chi connectivity index (χ3n) is 4.62. The Balaban J connectivity index is 1.65. The molecular weight excluding hydrogens is 474 g/mol. The maximum absolute atomic E-state index is 14.2. The van der Waals surface area contributed by atoms with E-state index >= 15 is 0 Å². The van der Waals surface area contributed by atoms with Crippen LogP contribution >= 0.6 is 22.7 Å². The zero-order chi connectivity index (χ0) is 22.9. The molecule has 0 saturated heterocycles. The number of ether oxygens (including phenoxy) is 2. The average molecular weight is 486 g/mol. The summed E-state index contributed by atoms with van der Waals surface area (Å²) in [4.78, 5) is 16.5. The number of fused-ring (bicyclic) bond motifs is 1. The van der Waals surface area contributed by atoms with Crippen LogP contribution < -0.4 is 14.3 Å². The lowest BCUT2D eigenvalue weighted by Gasteiger charge is -2.03. The van der Waals surface area contributed by atoms with E-state index in [1.165, 1.54) is 51.8 Å². The maximum Gasteiger partial charge on any atom is 0.282 e. The predicted molar refractivity (Wildman–Crippen MR) is 119 cm³/mol. The lowest BCUT2D eigenvalue weighted by Crippen LogP contribution is -2.11. The van der Waals surface area contributed by atoms with Crippen LogP contribution in [0, 0.1) is 21.7 Å². The molecule has 12 heteroatoms. The number of thiazole rings is 1. The minimum atomic E-state index is -0.817. The van der Waals surface area contributed by atoms with Crippen molar-refractivity contribution in [2.45, 2.75) is 0 Å². The summed E-state index contributed by atoms with van der Waals surface area (Å²) < 4.78 is 39.5. The molecule has 33 heavy (non-hydrogen) atoms. The molecule has 0 fully saturated rings. The Bertz CT molecular complexity index is 1460. The zero-order valence-corrected chi connectivity index (χ0v) is 18.1. The van der Waals surface area contributed by atoms with E-state index in [9.17, 15) is 18.9 Å². The number of nitrogens with zero attached hydrogens (tertiary/aromatic N) is 4. The van der Waals surface area contributed by atoms with E-state index in [0.29, 0.717) is 16.2 Å². The van der Waals surface area contributed by atoms with Crippen molar-refractivity contribution >= 4 is 40.3 Å². The fourth-order valence-corrected chi connectivity index (χ4v) is 4.73. The van der Waals surface area contributed by atoms with Gasteiger partial charge in [-0.2, -0.15) is 5.10 Å². The summed E-state index contributed by atoms with van der Waals surface area (Å²) in [5.74, 6) is -0.876. The summed E-state index contributed by atoms with van der Waals surface area (Å²) in [6.07, 6.45) is 1.31. The van der Waals surface area contributed by atoms with Crippen LogP contribution in [-0.2, 0) is 0 Å². The molecule has 0 saturated carbocycles. The molecule has 2 aromatic heterocycles. The highest BCUT2D eigenvalue weighted by Crippen LogP contribution is 2.37. The van der Waals surface area contributed by atoms with Gasteiger partial charge in [-0.3, -0.25) is 10.1 Å². The van der Waals surface area contributed by atoms with E-state index in [1.54, 1.807) is 5.38 Å². The van der Waals surface area contributed by atoms with Gasteiger partial charge in [0.15, 0.2) is 17.3 Å². The monoisotopic (exact) mass is 486 g/mol. The standard InChI is InChI=1S/C21H12F2N4O4S2/c22-13-3-4-15(14(23)7-13)25-21-26(17(10-33-21)20-2-1-5-32-20)24-9-12-6-18-19(31-11-30-18)8-16(12)27(28)29/h1-10H,11H2. The first kappa shape index (κ1) is 21.0. The van der Waals surface area contributed by atoms with E-state index in [-0.39, 0.29) is 29.5 Å². The van der Waals surface area contributed by atoms with Gasteiger partial charge in [0.05, 0.1) is 33.3 Å². The highest BCUT2D eigenvalue weighted by atomic mass is 32.1. The van der Waals surface area contributed by atoms with Crippen molar-refractivity contribution in [3.05, 3.63) is 85.3 Å². The van der Waals surface area contributed by atoms with Crippen LogP contribution in [0.4, 0.5) is 20.2 Å². The first-order valence-electron chi connectivity index (χ1n) is 9.36. The SMILES string of the molecule is O=[N+]([O-])c1cc2c(cc1C=Nn1c(-c3cccs3)csc1=Nc1ccc(F)cc1F)OCO2. The Morgan fingerprint density at radius 3 is 2.67 bits per heavy atom. The maximum atomic E-state index is 14.2. The van der Waals surface area contributed by atoms with E-state index in [0.717, 1.165) is 17.0 Å². The van der Waals surface area contributed by atoms with Gasteiger partial charge in [-0.25, -0.2) is 18.4 Å². The molecule has 8 nitrogen and oxygen atoms in total. The predicted octanol–water partition coefficient (Wildman–Crippen LogP) is 5.31. The van der Waals surface area contributed by atoms with Crippen molar-refractivity contribution in [3.8, 4) is 22.1 Å². The number of rotatable bonds is 5. The van der Waals surface area contributed by atoms with Gasteiger partial charge in [0, 0.05) is 11.4 Å². The molecule has 1 aliphatic rings. The molecule has 2 aromatic carbocycles. The highest BCUT2D eigenvalue weighted by Gasteiger charge is 2.22. The third kappa shape index (κ3) is 4.13. The molecule has 0 N–H and O–H groups in total. The highest BCUT2D eigenvalue weighted by molar-refractivity contribution is 7.14. The van der Waals surface area contributed by atoms with E-state index in [1.807, 2.05) is 17.5 Å². The van der Waals surface area contributed by atoms with Crippen molar-refractivity contribution in [3.63, 3.8) is 0 Å². The van der Waals surface area contributed by atoms with Crippen LogP contribution in [0.25, 0.3) is 10.6 Å². The van der Waals surface area contributed by atoms with Crippen molar-refractivity contribution in [1.29, 1.82) is 0 Å². The van der Waals surface area contributed by atoms with Gasteiger partial charge in [-0.05, 0) is 29.6 Å². The number of hydrogen-bond donors (Lipinski definition) is 0. The van der Waals surface area contributed by atoms with E-state index in [2.05, 4.69) is 10.1 Å². The Morgan fingerprint density at radius 1 is 1.12 bits per heavy atom. The molecule has 0 aliphatic carbocycles. The number of nitro benzene ring substituents is 1. The Morgan fingerprint density at radius 2 is 1.94 bits per heavy atom. The summed E-state index contributed by atoms with van der Waals surface area (Å²) >= 11 is 2.66. The fourth-order valence-electron chi connectivity index (χ4n) is 3.09. The molecular formula is C21H12F2N4O4S2. The number of halogens is 2. The lowest BCUT2D eigenvalue weighted by molar-refractivity contribution is -0.385. The van der Waals surface area contributed by atoms with Crippen LogP contribution in [0.2, 0.25) is 0 Å². The second kappa shape index (κ2) is 8.56. The summed E-state index contributed by atoms with van der Waals surface area (Å²) in [5.41, 5.74) is 0.587. The van der Waals surface area contributed by atoms with Crippen molar-refractivity contribution in [1.82, 2.24) is 4.68 Å². The largest absolute Gasteiger partial charge is 0.454 e.